The van der Waals surface area contributed by atoms with Crippen LogP contribution in [0.25, 0.3) is 0 Å². The Kier molecular flexibility index (Phi) is 48.8. The fourth-order valence-corrected chi connectivity index (χ4v) is 7.57. The van der Waals surface area contributed by atoms with Gasteiger partial charge >= 0.3 is 17.9 Å². The average molecular weight is 869 g/mol. The summed E-state index contributed by atoms with van der Waals surface area (Å²) < 4.78 is 16.8. The molecule has 0 aromatic heterocycles. The SMILES string of the molecule is CC/C=C\C/C=C\C/C=C\CCCCCCC(=O)OC(COC(=O)CCCCCCCCC/C=C\CCCCCCCC)COC(=O)CCCCCCCCCCCCCCC. The number of hydrogen-bond acceptors (Lipinski definition) is 6. The van der Waals surface area contributed by atoms with Gasteiger partial charge in [-0.15, -0.1) is 0 Å². The first-order chi connectivity index (χ1) is 30.5. The number of allylic oxidation sites excluding steroid dienone is 8. The van der Waals surface area contributed by atoms with Gasteiger partial charge in [0.1, 0.15) is 13.2 Å². The minimum absolute atomic E-state index is 0.0812. The molecule has 0 spiro atoms. The molecule has 0 rings (SSSR count). The number of carbonyl (C=O) groups excluding carboxylic acids is 3. The molecule has 0 heterocycles. The molecular weight excluding hydrogens is 769 g/mol. The Hall–Kier alpha value is -2.63. The molecule has 0 aliphatic heterocycles. The number of unbranched alkanes of at least 4 members (excludes halogenated alkanes) is 29. The van der Waals surface area contributed by atoms with Gasteiger partial charge in [0, 0.05) is 19.3 Å². The van der Waals surface area contributed by atoms with Crippen molar-refractivity contribution < 1.29 is 28.6 Å². The van der Waals surface area contributed by atoms with Crippen molar-refractivity contribution >= 4 is 17.9 Å². The zero-order chi connectivity index (χ0) is 45.1. The van der Waals surface area contributed by atoms with E-state index in [2.05, 4.69) is 69.4 Å². The predicted molar refractivity (Wildman–Crippen MR) is 265 cm³/mol. The zero-order valence-electron chi connectivity index (χ0n) is 41.1. The van der Waals surface area contributed by atoms with E-state index in [-0.39, 0.29) is 31.1 Å². The maximum Gasteiger partial charge on any atom is 0.306 e. The maximum atomic E-state index is 12.8. The van der Waals surface area contributed by atoms with E-state index in [1.807, 2.05) is 0 Å². The van der Waals surface area contributed by atoms with Gasteiger partial charge in [-0.05, 0) is 77.0 Å². The number of hydrogen-bond donors (Lipinski definition) is 0. The third kappa shape index (κ3) is 48.4. The van der Waals surface area contributed by atoms with Gasteiger partial charge in [0.15, 0.2) is 6.10 Å². The highest BCUT2D eigenvalue weighted by Gasteiger charge is 2.19. The molecule has 62 heavy (non-hydrogen) atoms. The molecule has 0 aliphatic rings. The number of rotatable bonds is 48. The number of ether oxygens (including phenoxy) is 3. The Morgan fingerprint density at radius 2 is 0.629 bits per heavy atom. The van der Waals surface area contributed by atoms with E-state index in [4.69, 9.17) is 14.2 Å². The van der Waals surface area contributed by atoms with E-state index in [9.17, 15) is 14.4 Å². The topological polar surface area (TPSA) is 78.9 Å². The molecule has 6 heteroatoms. The molecule has 0 amide bonds. The molecule has 0 radical (unpaired) electrons. The van der Waals surface area contributed by atoms with Crippen LogP contribution in [-0.2, 0) is 28.6 Å². The largest absolute Gasteiger partial charge is 0.462 e. The van der Waals surface area contributed by atoms with Gasteiger partial charge in [0.05, 0.1) is 0 Å². The van der Waals surface area contributed by atoms with Crippen LogP contribution < -0.4 is 0 Å². The summed E-state index contributed by atoms with van der Waals surface area (Å²) in [5.41, 5.74) is 0. The van der Waals surface area contributed by atoms with E-state index in [0.29, 0.717) is 19.3 Å². The minimum atomic E-state index is -0.783. The fraction of sp³-hybridized carbons (Fsp3) is 0.804. The highest BCUT2D eigenvalue weighted by molar-refractivity contribution is 5.71. The molecule has 0 aliphatic carbocycles. The van der Waals surface area contributed by atoms with Crippen molar-refractivity contribution in [3.05, 3.63) is 48.6 Å². The van der Waals surface area contributed by atoms with Crippen molar-refractivity contribution in [2.24, 2.45) is 0 Å². The predicted octanol–water partition coefficient (Wildman–Crippen LogP) is 17.5. The zero-order valence-corrected chi connectivity index (χ0v) is 41.1. The molecule has 6 nitrogen and oxygen atoms in total. The highest BCUT2D eigenvalue weighted by atomic mass is 16.6. The first kappa shape index (κ1) is 59.4. The van der Waals surface area contributed by atoms with Gasteiger partial charge in [0.2, 0.25) is 0 Å². The van der Waals surface area contributed by atoms with Crippen LogP contribution in [0.4, 0.5) is 0 Å². The van der Waals surface area contributed by atoms with Crippen LogP contribution in [0.3, 0.4) is 0 Å². The van der Waals surface area contributed by atoms with E-state index >= 15 is 0 Å². The standard InChI is InChI=1S/C56H100O6/c1-4-7-10-13-16-19-22-25-27-28-29-32-34-37-40-43-46-49-55(58)61-52-53(51-60-54(57)48-45-42-39-36-33-30-24-21-18-15-12-9-6-3)62-56(59)50-47-44-41-38-35-31-26-23-20-17-14-11-8-5-2/h8,11,17,20,25-27,31,53H,4-7,9-10,12-16,18-19,21-24,28-30,32-52H2,1-3H3/b11-8-,20-17-,27-25-,31-26-. The summed E-state index contributed by atoms with van der Waals surface area (Å²) in [5, 5.41) is 0. The van der Waals surface area contributed by atoms with E-state index in [1.54, 1.807) is 0 Å². The summed E-state index contributed by atoms with van der Waals surface area (Å²) in [7, 11) is 0. The summed E-state index contributed by atoms with van der Waals surface area (Å²) in [4.78, 5) is 38.0. The molecule has 0 fully saturated rings. The Bertz CT molecular complexity index is 1090. The molecule has 1 atom stereocenters. The van der Waals surface area contributed by atoms with Gasteiger partial charge in [-0.3, -0.25) is 14.4 Å². The second-order valence-corrected chi connectivity index (χ2v) is 17.8. The summed E-state index contributed by atoms with van der Waals surface area (Å²) in [6.45, 7) is 6.52. The highest BCUT2D eigenvalue weighted by Crippen LogP contribution is 2.15. The van der Waals surface area contributed by atoms with Crippen LogP contribution in [0.5, 0.6) is 0 Å². The lowest BCUT2D eigenvalue weighted by atomic mass is 10.0. The molecule has 360 valence electrons. The summed E-state index contributed by atoms with van der Waals surface area (Å²) in [6.07, 6.45) is 60.9. The minimum Gasteiger partial charge on any atom is -0.462 e. The van der Waals surface area contributed by atoms with Gasteiger partial charge in [-0.25, -0.2) is 0 Å². The quantitative estimate of drug-likeness (QED) is 0.0262. The molecule has 0 N–H and O–H groups in total. The second kappa shape index (κ2) is 51.0. The molecule has 0 aromatic carbocycles. The van der Waals surface area contributed by atoms with E-state index < -0.39 is 6.10 Å². The molecule has 0 saturated heterocycles. The number of esters is 3. The van der Waals surface area contributed by atoms with Crippen molar-refractivity contribution in [3.8, 4) is 0 Å². The van der Waals surface area contributed by atoms with Crippen LogP contribution in [0, 0.1) is 0 Å². The Labute approximate surface area is 384 Å². The Morgan fingerprint density at radius 1 is 0.339 bits per heavy atom. The first-order valence-electron chi connectivity index (χ1n) is 26.6. The molecule has 0 bridgehead atoms. The van der Waals surface area contributed by atoms with Gasteiger partial charge in [0.25, 0.3) is 0 Å². The molecule has 0 aromatic rings. The van der Waals surface area contributed by atoms with Gasteiger partial charge in [-0.1, -0.05) is 223 Å². The Morgan fingerprint density at radius 3 is 1.00 bits per heavy atom. The van der Waals surface area contributed by atoms with Crippen LogP contribution >= 0.6 is 0 Å². The van der Waals surface area contributed by atoms with Crippen LogP contribution in [0.15, 0.2) is 48.6 Å². The van der Waals surface area contributed by atoms with Crippen LogP contribution in [-0.4, -0.2) is 37.2 Å². The average Bonchev–Trinajstić information content (AvgIpc) is 3.27. The van der Waals surface area contributed by atoms with Crippen LogP contribution in [0.1, 0.15) is 271 Å². The van der Waals surface area contributed by atoms with Crippen molar-refractivity contribution in [2.75, 3.05) is 13.2 Å². The Balaban J connectivity index is 4.38. The van der Waals surface area contributed by atoms with E-state index in [0.717, 1.165) is 89.9 Å². The van der Waals surface area contributed by atoms with Crippen molar-refractivity contribution in [1.29, 1.82) is 0 Å². The molecule has 0 saturated carbocycles. The summed E-state index contributed by atoms with van der Waals surface area (Å²) >= 11 is 0. The summed E-state index contributed by atoms with van der Waals surface area (Å²) in [5.74, 6) is -0.899. The summed E-state index contributed by atoms with van der Waals surface area (Å²) in [6, 6.07) is 0. The maximum absolute atomic E-state index is 12.8. The van der Waals surface area contributed by atoms with Crippen molar-refractivity contribution in [2.45, 2.75) is 277 Å². The second-order valence-electron chi connectivity index (χ2n) is 17.8. The van der Waals surface area contributed by atoms with Gasteiger partial charge < -0.3 is 14.2 Å². The number of carbonyl (C=O) groups is 3. The monoisotopic (exact) mass is 869 g/mol. The smallest absolute Gasteiger partial charge is 0.306 e. The first-order valence-corrected chi connectivity index (χ1v) is 26.6. The third-order valence-electron chi connectivity index (χ3n) is 11.6. The third-order valence-corrected chi connectivity index (χ3v) is 11.6. The van der Waals surface area contributed by atoms with Crippen molar-refractivity contribution in [1.82, 2.24) is 0 Å². The van der Waals surface area contributed by atoms with Gasteiger partial charge in [-0.2, -0.15) is 0 Å². The lowest BCUT2D eigenvalue weighted by Crippen LogP contribution is -2.30. The lowest BCUT2D eigenvalue weighted by molar-refractivity contribution is -0.167. The molecular formula is C56H100O6. The fourth-order valence-electron chi connectivity index (χ4n) is 7.57. The lowest BCUT2D eigenvalue weighted by Gasteiger charge is -2.18. The van der Waals surface area contributed by atoms with Crippen molar-refractivity contribution in [3.63, 3.8) is 0 Å². The van der Waals surface area contributed by atoms with E-state index in [1.165, 1.54) is 141 Å². The normalized spacial score (nSPS) is 12.4. The molecule has 1 unspecified atom stereocenters. The van der Waals surface area contributed by atoms with Crippen LogP contribution in [0.2, 0.25) is 0 Å².